The summed E-state index contributed by atoms with van der Waals surface area (Å²) in [6, 6.07) is 0. The molecule has 0 aromatic rings. The fraction of sp³-hybridized carbons (Fsp3) is 0.583. The number of hydrogen-bond acceptors (Lipinski definition) is 3. The number of amides is 1. The molecule has 1 fully saturated rings. The van der Waals surface area contributed by atoms with Crippen LogP contribution in [0, 0.1) is 5.92 Å². The Labute approximate surface area is 110 Å². The Balaban J connectivity index is 1.92. The van der Waals surface area contributed by atoms with Crippen molar-refractivity contribution in [3.63, 3.8) is 0 Å². The summed E-state index contributed by atoms with van der Waals surface area (Å²) in [6.07, 6.45) is 5.89. The summed E-state index contributed by atoms with van der Waals surface area (Å²) in [5, 5.41) is 11.6. The van der Waals surface area contributed by atoms with Crippen molar-refractivity contribution in [2.45, 2.75) is 31.6 Å². The third-order valence-corrected chi connectivity index (χ3v) is 3.39. The number of hydrogen-bond donors (Lipinski definition) is 2. The Morgan fingerprint density at radius 3 is 2.63 bits per heavy atom. The molecule has 2 aliphatic rings. The maximum absolute atomic E-state index is 13.1. The van der Waals surface area contributed by atoms with E-state index < -0.39 is 12.0 Å². The molecule has 0 atom stereocenters. The highest BCUT2D eigenvalue weighted by Gasteiger charge is 2.36. The molecule has 0 saturated heterocycles. The van der Waals surface area contributed by atoms with E-state index in [1.165, 1.54) is 5.12 Å². The number of nitrogens with one attached hydrogen (secondary N) is 1. The fourth-order valence-electron chi connectivity index (χ4n) is 2.28. The lowest BCUT2D eigenvalue weighted by Gasteiger charge is -2.36. The number of alkyl halides is 2. The van der Waals surface area contributed by atoms with Crippen LogP contribution >= 0.6 is 0 Å². The number of allylic oxidation sites excluding steroid dienone is 2. The van der Waals surface area contributed by atoms with Crippen LogP contribution in [0.25, 0.3) is 0 Å². The summed E-state index contributed by atoms with van der Waals surface area (Å²) >= 11 is 0. The van der Waals surface area contributed by atoms with Crippen LogP contribution in [0.15, 0.2) is 24.6 Å². The third-order valence-electron chi connectivity index (χ3n) is 3.39. The first-order valence-corrected chi connectivity index (χ1v) is 6.25. The van der Waals surface area contributed by atoms with E-state index in [0.717, 1.165) is 5.01 Å². The van der Waals surface area contributed by atoms with Gasteiger partial charge in [0.1, 0.15) is 0 Å². The lowest BCUT2D eigenvalue weighted by atomic mass is 9.87. The highest BCUT2D eigenvalue weighted by Crippen LogP contribution is 2.36. The molecule has 1 heterocycles. The zero-order valence-corrected chi connectivity index (χ0v) is 10.4. The Kier molecular flexibility index (Phi) is 3.92. The molecule has 1 amide bonds. The quantitative estimate of drug-likeness (QED) is 0.829. The van der Waals surface area contributed by atoms with E-state index in [1.807, 2.05) is 0 Å². The second kappa shape index (κ2) is 5.46. The van der Waals surface area contributed by atoms with Crippen molar-refractivity contribution in [1.82, 2.24) is 15.6 Å². The van der Waals surface area contributed by atoms with E-state index in [2.05, 4.69) is 5.43 Å². The molecule has 0 unspecified atom stereocenters. The van der Waals surface area contributed by atoms with Crippen LogP contribution in [0.4, 0.5) is 13.6 Å². The molecule has 0 spiro atoms. The van der Waals surface area contributed by atoms with Gasteiger partial charge in [-0.3, -0.25) is 5.43 Å². The van der Waals surface area contributed by atoms with Crippen LogP contribution in [-0.4, -0.2) is 33.8 Å². The molecule has 0 aromatic heterocycles. The minimum Gasteiger partial charge on any atom is -0.464 e. The van der Waals surface area contributed by atoms with Gasteiger partial charge in [-0.2, -0.15) is 5.12 Å². The molecule has 0 radical (unpaired) electrons. The molecule has 1 saturated carbocycles. The lowest BCUT2D eigenvalue weighted by molar-refractivity contribution is -0.0612. The van der Waals surface area contributed by atoms with Crippen molar-refractivity contribution < 1.29 is 18.7 Å². The van der Waals surface area contributed by atoms with Crippen LogP contribution in [-0.2, 0) is 0 Å². The molecule has 2 N–H and O–H groups in total. The highest BCUT2D eigenvalue weighted by molar-refractivity contribution is 5.64. The predicted octanol–water partition coefficient (Wildman–Crippen LogP) is 2.55. The van der Waals surface area contributed by atoms with Crippen molar-refractivity contribution in [2.75, 3.05) is 6.54 Å². The molecule has 1 aliphatic heterocycles. The minimum absolute atomic E-state index is 0.0307. The van der Waals surface area contributed by atoms with Gasteiger partial charge in [0, 0.05) is 25.2 Å². The smallest absolute Gasteiger partial charge is 0.427 e. The molecule has 7 heteroatoms. The van der Waals surface area contributed by atoms with Crippen molar-refractivity contribution in [3.05, 3.63) is 24.6 Å². The molecular weight excluding hydrogens is 256 g/mol. The average Bonchev–Trinajstić information content (AvgIpc) is 2.38. The largest absolute Gasteiger partial charge is 0.464 e. The second-order valence-corrected chi connectivity index (χ2v) is 4.84. The molecule has 0 bridgehead atoms. The maximum Gasteiger partial charge on any atom is 0.427 e. The summed E-state index contributed by atoms with van der Waals surface area (Å²) in [6.45, 7) is 0.219. The van der Waals surface area contributed by atoms with Crippen LogP contribution in [0.1, 0.15) is 25.7 Å². The van der Waals surface area contributed by atoms with E-state index in [9.17, 15) is 18.7 Å². The van der Waals surface area contributed by atoms with Crippen molar-refractivity contribution in [2.24, 2.45) is 5.92 Å². The number of carbonyl (C=O) groups is 1. The van der Waals surface area contributed by atoms with Gasteiger partial charge in [0.15, 0.2) is 0 Å². The summed E-state index contributed by atoms with van der Waals surface area (Å²) in [4.78, 5) is 11.2. The van der Waals surface area contributed by atoms with Crippen molar-refractivity contribution in [3.8, 4) is 0 Å². The van der Waals surface area contributed by atoms with Crippen LogP contribution in [0.3, 0.4) is 0 Å². The zero-order valence-electron chi connectivity index (χ0n) is 10.4. The molecule has 2 rings (SSSR count). The van der Waals surface area contributed by atoms with Gasteiger partial charge in [0.05, 0.1) is 6.54 Å². The Bertz CT molecular complexity index is 388. The summed E-state index contributed by atoms with van der Waals surface area (Å²) in [7, 11) is 0. The van der Waals surface area contributed by atoms with Crippen molar-refractivity contribution >= 4 is 6.09 Å². The van der Waals surface area contributed by atoms with Crippen LogP contribution in [0.2, 0.25) is 0 Å². The monoisotopic (exact) mass is 273 g/mol. The molecular formula is C12H17F2N3O2. The number of carboxylic acid groups (broad SMARTS) is 1. The van der Waals surface area contributed by atoms with E-state index in [4.69, 9.17) is 0 Å². The van der Waals surface area contributed by atoms with E-state index >= 15 is 0 Å². The van der Waals surface area contributed by atoms with Gasteiger partial charge in [-0.1, -0.05) is 0 Å². The Morgan fingerprint density at radius 1 is 1.42 bits per heavy atom. The first-order valence-electron chi connectivity index (χ1n) is 6.25. The Hall–Kier alpha value is -1.79. The number of rotatable bonds is 3. The van der Waals surface area contributed by atoms with Gasteiger partial charge >= 0.3 is 6.09 Å². The topological polar surface area (TPSA) is 55.8 Å². The minimum atomic E-state index is -2.59. The van der Waals surface area contributed by atoms with Gasteiger partial charge in [-0.25, -0.2) is 18.6 Å². The summed E-state index contributed by atoms with van der Waals surface area (Å²) < 4.78 is 26.1. The molecule has 106 valence electrons. The number of halogens is 2. The fourth-order valence-corrected chi connectivity index (χ4v) is 2.28. The number of hydrazine groups is 2. The normalized spacial score (nSPS) is 22.1. The third kappa shape index (κ3) is 3.59. The van der Waals surface area contributed by atoms with Gasteiger partial charge in [0.2, 0.25) is 5.92 Å². The number of nitrogens with zero attached hydrogens (tertiary/aromatic N) is 2. The van der Waals surface area contributed by atoms with Gasteiger partial charge in [0.25, 0.3) is 0 Å². The molecule has 5 nitrogen and oxygen atoms in total. The maximum atomic E-state index is 13.1. The first-order chi connectivity index (χ1) is 8.98. The highest BCUT2D eigenvalue weighted by atomic mass is 19.3. The van der Waals surface area contributed by atoms with Crippen LogP contribution in [0.5, 0.6) is 0 Å². The standard InChI is InChI=1S/C12H17F2N3O2/c13-12(14)5-3-10(4-6-12)9-16(11(18)19)17-8-2-1-7-15-17/h1-2,7-8,10,15H,3-6,9H2,(H,18,19). The van der Waals surface area contributed by atoms with Gasteiger partial charge in [-0.15, -0.1) is 0 Å². The molecule has 19 heavy (non-hydrogen) atoms. The van der Waals surface area contributed by atoms with E-state index in [-0.39, 0.29) is 25.3 Å². The molecule has 1 aliphatic carbocycles. The Morgan fingerprint density at radius 2 is 2.11 bits per heavy atom. The first kappa shape index (κ1) is 13.6. The zero-order chi connectivity index (χ0) is 13.9. The van der Waals surface area contributed by atoms with Gasteiger partial charge in [-0.05, 0) is 30.9 Å². The molecule has 0 aromatic carbocycles. The van der Waals surface area contributed by atoms with Crippen molar-refractivity contribution in [1.29, 1.82) is 0 Å². The van der Waals surface area contributed by atoms with Gasteiger partial charge < -0.3 is 5.11 Å². The van der Waals surface area contributed by atoms with E-state index in [0.29, 0.717) is 12.8 Å². The SMILES string of the molecule is O=C(O)N(CC1CCC(F)(F)CC1)N1C=CC=CN1. The summed E-state index contributed by atoms with van der Waals surface area (Å²) in [5.74, 6) is -2.62. The van der Waals surface area contributed by atoms with Crippen LogP contribution < -0.4 is 5.43 Å². The second-order valence-electron chi connectivity index (χ2n) is 4.84. The van der Waals surface area contributed by atoms with E-state index in [1.54, 1.807) is 24.6 Å². The predicted molar refractivity (Wildman–Crippen MR) is 64.9 cm³/mol. The lowest BCUT2D eigenvalue weighted by Crippen LogP contribution is -2.51. The average molecular weight is 273 g/mol. The summed E-state index contributed by atoms with van der Waals surface area (Å²) in [5.41, 5.74) is 2.77.